The maximum atomic E-state index is 11.7. The lowest BCUT2D eigenvalue weighted by atomic mass is 9.88. The summed E-state index contributed by atoms with van der Waals surface area (Å²) in [7, 11) is 3.45. The molecule has 0 spiro atoms. The van der Waals surface area contributed by atoms with Gasteiger partial charge in [-0.2, -0.15) is 0 Å². The van der Waals surface area contributed by atoms with E-state index in [1.807, 2.05) is 12.1 Å². The molecular formula is C17H24N2O2. The Morgan fingerprint density at radius 1 is 1.38 bits per heavy atom. The first-order chi connectivity index (χ1) is 10.1. The van der Waals surface area contributed by atoms with E-state index < -0.39 is 0 Å². The first-order valence-electron chi connectivity index (χ1n) is 7.78. The largest absolute Gasteiger partial charge is 0.465 e. The van der Waals surface area contributed by atoms with Gasteiger partial charge in [-0.1, -0.05) is 12.5 Å². The van der Waals surface area contributed by atoms with Crippen molar-refractivity contribution < 1.29 is 9.53 Å². The van der Waals surface area contributed by atoms with Crippen LogP contribution in [0.1, 0.15) is 36.0 Å². The highest BCUT2D eigenvalue weighted by atomic mass is 16.5. The van der Waals surface area contributed by atoms with Crippen molar-refractivity contribution in [2.45, 2.75) is 25.7 Å². The summed E-state index contributed by atoms with van der Waals surface area (Å²) in [5.74, 6) is 2.24. The molecule has 2 saturated carbocycles. The van der Waals surface area contributed by atoms with Gasteiger partial charge in [-0.25, -0.2) is 4.79 Å². The molecule has 0 aliphatic heterocycles. The number of ether oxygens (including phenoxy) is 1. The highest BCUT2D eigenvalue weighted by molar-refractivity contribution is 5.98. The number of carbonyl (C=O) groups excluding carboxylic acids is 1. The van der Waals surface area contributed by atoms with E-state index in [1.165, 1.54) is 32.8 Å². The molecule has 0 heterocycles. The normalized spacial score (nSPS) is 26.9. The lowest BCUT2D eigenvalue weighted by Crippen LogP contribution is -2.29. The number of anilines is 2. The summed E-state index contributed by atoms with van der Waals surface area (Å²) >= 11 is 0. The number of nitrogens with two attached hydrogens (primary N) is 1. The van der Waals surface area contributed by atoms with Crippen LogP contribution in [-0.2, 0) is 4.74 Å². The molecule has 2 fully saturated rings. The monoisotopic (exact) mass is 288 g/mol. The SMILES string of the molecule is COC(=O)c1cccc(N(C)CC2CC3CCC2C3)c1N. The minimum absolute atomic E-state index is 0.373. The van der Waals surface area contributed by atoms with Gasteiger partial charge in [-0.3, -0.25) is 0 Å². The van der Waals surface area contributed by atoms with Crippen LogP contribution in [-0.4, -0.2) is 26.7 Å². The number of rotatable bonds is 4. The molecule has 2 bridgehead atoms. The molecule has 1 aromatic carbocycles. The van der Waals surface area contributed by atoms with Crippen molar-refractivity contribution in [1.82, 2.24) is 0 Å². The number of nitrogen functional groups attached to an aromatic ring is 1. The van der Waals surface area contributed by atoms with Crippen LogP contribution < -0.4 is 10.6 Å². The Labute approximate surface area is 126 Å². The van der Waals surface area contributed by atoms with Crippen molar-refractivity contribution >= 4 is 17.3 Å². The standard InChI is InChI=1S/C17H24N2O2/c1-19(10-13-9-11-6-7-12(13)8-11)15-5-3-4-14(16(15)18)17(20)21-2/h3-5,11-13H,6-10,18H2,1-2H3. The van der Waals surface area contributed by atoms with Gasteiger partial charge >= 0.3 is 5.97 Å². The van der Waals surface area contributed by atoms with Crippen LogP contribution in [0.2, 0.25) is 0 Å². The fraction of sp³-hybridized carbons (Fsp3) is 0.588. The zero-order valence-corrected chi connectivity index (χ0v) is 12.8. The second-order valence-corrected chi connectivity index (χ2v) is 6.55. The first-order valence-corrected chi connectivity index (χ1v) is 7.78. The average Bonchev–Trinajstić information content (AvgIpc) is 3.09. The van der Waals surface area contributed by atoms with Gasteiger partial charge in [0.2, 0.25) is 0 Å². The quantitative estimate of drug-likeness (QED) is 0.683. The number of hydrogen-bond donors (Lipinski definition) is 1. The second kappa shape index (κ2) is 5.58. The van der Waals surface area contributed by atoms with E-state index in [0.29, 0.717) is 11.3 Å². The summed E-state index contributed by atoms with van der Waals surface area (Å²) in [6.07, 6.45) is 5.58. The van der Waals surface area contributed by atoms with Crippen LogP contribution in [0.25, 0.3) is 0 Å². The molecule has 0 saturated heterocycles. The second-order valence-electron chi connectivity index (χ2n) is 6.55. The Bertz CT molecular complexity index is 544. The number of para-hydroxylation sites is 1. The molecule has 0 radical (unpaired) electrons. The summed E-state index contributed by atoms with van der Waals surface area (Å²) in [6.45, 7) is 1.02. The minimum atomic E-state index is -0.373. The van der Waals surface area contributed by atoms with Gasteiger partial charge < -0.3 is 15.4 Å². The van der Waals surface area contributed by atoms with Crippen molar-refractivity contribution in [3.05, 3.63) is 23.8 Å². The molecule has 3 rings (SSSR count). The summed E-state index contributed by atoms with van der Waals surface area (Å²) in [5, 5.41) is 0. The third kappa shape index (κ3) is 2.59. The molecule has 1 aromatic rings. The van der Waals surface area contributed by atoms with Gasteiger partial charge in [0.25, 0.3) is 0 Å². The van der Waals surface area contributed by atoms with Gasteiger partial charge in [-0.05, 0) is 49.1 Å². The number of methoxy groups -OCH3 is 1. The van der Waals surface area contributed by atoms with E-state index in [-0.39, 0.29) is 5.97 Å². The zero-order chi connectivity index (χ0) is 15.0. The number of hydrogen-bond acceptors (Lipinski definition) is 4. The van der Waals surface area contributed by atoms with Gasteiger partial charge in [-0.15, -0.1) is 0 Å². The number of fused-ring (bicyclic) bond motifs is 2. The maximum absolute atomic E-state index is 11.7. The maximum Gasteiger partial charge on any atom is 0.340 e. The third-order valence-corrected chi connectivity index (χ3v) is 5.29. The Kier molecular flexibility index (Phi) is 3.79. The van der Waals surface area contributed by atoms with Crippen molar-refractivity contribution in [3.8, 4) is 0 Å². The van der Waals surface area contributed by atoms with E-state index in [2.05, 4.69) is 11.9 Å². The highest BCUT2D eigenvalue weighted by Gasteiger charge is 2.39. The summed E-state index contributed by atoms with van der Waals surface area (Å²) in [4.78, 5) is 13.9. The minimum Gasteiger partial charge on any atom is -0.465 e. The van der Waals surface area contributed by atoms with E-state index >= 15 is 0 Å². The average molecular weight is 288 g/mol. The van der Waals surface area contributed by atoms with Crippen LogP contribution in [0.5, 0.6) is 0 Å². The molecule has 3 unspecified atom stereocenters. The lowest BCUT2D eigenvalue weighted by molar-refractivity contribution is 0.0602. The molecule has 0 aromatic heterocycles. The molecule has 4 nitrogen and oxygen atoms in total. The summed E-state index contributed by atoms with van der Waals surface area (Å²) < 4.78 is 4.79. The Balaban J connectivity index is 1.75. The summed E-state index contributed by atoms with van der Waals surface area (Å²) in [5.41, 5.74) is 8.08. The fourth-order valence-corrected chi connectivity index (χ4v) is 4.22. The van der Waals surface area contributed by atoms with Crippen LogP contribution >= 0.6 is 0 Å². The van der Waals surface area contributed by atoms with Gasteiger partial charge in [0.1, 0.15) is 0 Å². The molecule has 21 heavy (non-hydrogen) atoms. The van der Waals surface area contributed by atoms with E-state index in [1.54, 1.807) is 6.07 Å². The highest BCUT2D eigenvalue weighted by Crippen LogP contribution is 2.48. The number of carbonyl (C=O) groups is 1. The van der Waals surface area contributed by atoms with Gasteiger partial charge in [0.05, 0.1) is 24.0 Å². The molecule has 2 aliphatic carbocycles. The topological polar surface area (TPSA) is 55.6 Å². The molecule has 2 aliphatic rings. The fourth-order valence-electron chi connectivity index (χ4n) is 4.22. The van der Waals surface area contributed by atoms with Crippen LogP contribution in [0.15, 0.2) is 18.2 Å². The lowest BCUT2D eigenvalue weighted by Gasteiger charge is -2.29. The molecule has 3 atom stereocenters. The Hall–Kier alpha value is -1.71. The van der Waals surface area contributed by atoms with Crippen molar-refractivity contribution in [1.29, 1.82) is 0 Å². The number of nitrogens with zero attached hydrogens (tertiary/aromatic N) is 1. The molecule has 2 N–H and O–H groups in total. The molecule has 0 amide bonds. The van der Waals surface area contributed by atoms with E-state index in [4.69, 9.17) is 10.5 Å². The summed E-state index contributed by atoms with van der Waals surface area (Å²) in [6, 6.07) is 5.57. The Morgan fingerprint density at radius 2 is 2.19 bits per heavy atom. The van der Waals surface area contributed by atoms with Crippen molar-refractivity contribution in [3.63, 3.8) is 0 Å². The van der Waals surface area contributed by atoms with Crippen LogP contribution in [0.3, 0.4) is 0 Å². The van der Waals surface area contributed by atoms with E-state index in [9.17, 15) is 4.79 Å². The number of esters is 1. The van der Waals surface area contributed by atoms with Crippen molar-refractivity contribution in [2.24, 2.45) is 17.8 Å². The first kappa shape index (κ1) is 14.2. The van der Waals surface area contributed by atoms with Crippen LogP contribution in [0, 0.1) is 17.8 Å². The smallest absolute Gasteiger partial charge is 0.340 e. The predicted molar refractivity (Wildman–Crippen MR) is 84.4 cm³/mol. The molecule has 114 valence electrons. The van der Waals surface area contributed by atoms with Gasteiger partial charge in [0, 0.05) is 13.6 Å². The van der Waals surface area contributed by atoms with Crippen molar-refractivity contribution in [2.75, 3.05) is 31.3 Å². The van der Waals surface area contributed by atoms with Gasteiger partial charge in [0.15, 0.2) is 0 Å². The third-order valence-electron chi connectivity index (χ3n) is 5.29. The molecular weight excluding hydrogens is 264 g/mol. The predicted octanol–water partition coefficient (Wildman–Crippen LogP) is 2.93. The Morgan fingerprint density at radius 3 is 2.81 bits per heavy atom. The number of benzene rings is 1. The van der Waals surface area contributed by atoms with E-state index in [0.717, 1.165) is 30.0 Å². The van der Waals surface area contributed by atoms with Crippen LogP contribution in [0.4, 0.5) is 11.4 Å². The zero-order valence-electron chi connectivity index (χ0n) is 12.8. The molecule has 4 heteroatoms.